The summed E-state index contributed by atoms with van der Waals surface area (Å²) in [5, 5.41) is 2.71. The lowest BCUT2D eigenvalue weighted by atomic mass is 9.91. The van der Waals surface area contributed by atoms with Gasteiger partial charge in [0.1, 0.15) is 0 Å². The first kappa shape index (κ1) is 23.7. The highest BCUT2D eigenvalue weighted by atomic mass is 127. The van der Waals surface area contributed by atoms with Gasteiger partial charge < -0.3 is 10.1 Å². The molecule has 0 aliphatic carbocycles. The molecule has 0 aromatic rings. The van der Waals surface area contributed by atoms with Crippen molar-refractivity contribution in [1.82, 2.24) is 10.2 Å². The number of nitrogens with zero attached hydrogens (tertiary/aromatic N) is 1. The van der Waals surface area contributed by atoms with Crippen LogP contribution in [0.5, 0.6) is 0 Å². The number of carbonyl (C=O) groups is 3. The average Bonchev–Trinajstić information content (AvgIpc) is 2.83. The first-order valence-corrected chi connectivity index (χ1v) is 11.7. The third-order valence-electron chi connectivity index (χ3n) is 4.45. The van der Waals surface area contributed by atoms with Crippen molar-refractivity contribution < 1.29 is 19.1 Å². The van der Waals surface area contributed by atoms with Crippen molar-refractivity contribution in [3.63, 3.8) is 0 Å². The van der Waals surface area contributed by atoms with Crippen LogP contribution < -0.4 is 5.32 Å². The number of nitrogens with one attached hydrogen (secondary N) is 1. The molecular weight excluding hydrogens is 467 g/mol. The third-order valence-corrected chi connectivity index (χ3v) is 5.83. The molecule has 8 heteroatoms. The lowest BCUT2D eigenvalue weighted by molar-refractivity contribution is -0.138. The fraction of sp³-hybridized carbons (Fsp3) is 0.833. The summed E-state index contributed by atoms with van der Waals surface area (Å²) in [5.41, 5.74) is -0.600. The molecule has 0 aromatic carbocycles. The molecule has 0 radical (unpaired) electrons. The Hall–Kier alpha value is -0.350. The zero-order valence-electron chi connectivity index (χ0n) is 16.4. The Kier molecular flexibility index (Phi) is 9.35. The Bertz CT molecular complexity index is 525. The number of halogens is 1. The van der Waals surface area contributed by atoms with E-state index in [1.807, 2.05) is 20.1 Å². The van der Waals surface area contributed by atoms with E-state index in [0.717, 1.165) is 23.9 Å². The Morgan fingerprint density at radius 1 is 1.31 bits per heavy atom. The van der Waals surface area contributed by atoms with Crippen LogP contribution in [0.2, 0.25) is 0 Å². The minimum absolute atomic E-state index is 0.136. The molecule has 1 rings (SSSR count). The van der Waals surface area contributed by atoms with Crippen molar-refractivity contribution >= 4 is 52.1 Å². The van der Waals surface area contributed by atoms with E-state index < -0.39 is 0 Å². The van der Waals surface area contributed by atoms with Crippen LogP contribution >= 0.6 is 34.4 Å². The number of amides is 3. The number of thioether (sulfide) groups is 1. The van der Waals surface area contributed by atoms with Crippen molar-refractivity contribution in [3.8, 4) is 0 Å². The van der Waals surface area contributed by atoms with Crippen molar-refractivity contribution in [1.29, 1.82) is 0 Å². The predicted octanol–water partition coefficient (Wildman–Crippen LogP) is 2.77. The van der Waals surface area contributed by atoms with Crippen molar-refractivity contribution in [2.24, 2.45) is 0 Å². The van der Waals surface area contributed by atoms with E-state index in [1.54, 1.807) is 0 Å². The zero-order chi connectivity index (χ0) is 20.0. The molecular formula is C18H31IN2O4S. The number of ether oxygens (including phenoxy) is 1. The predicted molar refractivity (Wildman–Crippen MR) is 114 cm³/mol. The van der Waals surface area contributed by atoms with Gasteiger partial charge in [-0.2, -0.15) is 11.8 Å². The number of imide groups is 1. The number of alkyl halides is 1. The van der Waals surface area contributed by atoms with Crippen LogP contribution in [-0.2, 0) is 19.1 Å². The van der Waals surface area contributed by atoms with Gasteiger partial charge in [0, 0.05) is 29.4 Å². The summed E-state index contributed by atoms with van der Waals surface area (Å²) in [6.45, 7) is 8.95. The minimum atomic E-state index is -0.372. The highest BCUT2D eigenvalue weighted by molar-refractivity contribution is 14.1. The van der Waals surface area contributed by atoms with E-state index in [0.29, 0.717) is 0 Å². The lowest BCUT2D eigenvalue weighted by Gasteiger charge is -2.32. The maximum Gasteiger partial charge on any atom is 0.242 e. The van der Waals surface area contributed by atoms with Crippen molar-refractivity contribution in [3.05, 3.63) is 0 Å². The number of hydrogen-bond donors (Lipinski definition) is 1. The third kappa shape index (κ3) is 7.72. The maximum absolute atomic E-state index is 12.3. The smallest absolute Gasteiger partial charge is 0.242 e. The van der Waals surface area contributed by atoms with Gasteiger partial charge in [-0.25, -0.2) is 0 Å². The Labute approximate surface area is 174 Å². The number of hydrogen-bond acceptors (Lipinski definition) is 5. The molecule has 0 aromatic heterocycles. The van der Waals surface area contributed by atoms with Gasteiger partial charge in [-0.3, -0.25) is 19.3 Å². The van der Waals surface area contributed by atoms with Crippen LogP contribution in [0.3, 0.4) is 0 Å². The first-order chi connectivity index (χ1) is 12.0. The molecule has 0 bridgehead atoms. The fourth-order valence-electron chi connectivity index (χ4n) is 2.79. The van der Waals surface area contributed by atoms with E-state index in [4.69, 9.17) is 4.74 Å². The van der Waals surface area contributed by atoms with Gasteiger partial charge in [-0.05, 0) is 46.8 Å². The second-order valence-electron chi connectivity index (χ2n) is 7.79. The topological polar surface area (TPSA) is 75.7 Å². The molecule has 0 spiro atoms. The van der Waals surface area contributed by atoms with Crippen LogP contribution in [0, 0.1) is 0 Å². The Morgan fingerprint density at radius 3 is 2.50 bits per heavy atom. The molecule has 1 fully saturated rings. The molecule has 1 saturated heterocycles. The molecule has 1 heterocycles. The van der Waals surface area contributed by atoms with Crippen molar-refractivity contribution in [2.45, 2.75) is 69.8 Å². The lowest BCUT2D eigenvalue weighted by Crippen LogP contribution is -2.46. The van der Waals surface area contributed by atoms with Gasteiger partial charge >= 0.3 is 0 Å². The Morgan fingerprint density at radius 2 is 1.96 bits per heavy atom. The second kappa shape index (κ2) is 10.3. The summed E-state index contributed by atoms with van der Waals surface area (Å²) in [7, 11) is 0. The van der Waals surface area contributed by atoms with Crippen molar-refractivity contribution in [2.75, 3.05) is 23.8 Å². The molecule has 6 nitrogen and oxygen atoms in total. The summed E-state index contributed by atoms with van der Waals surface area (Å²) in [5.74, 6) is -0.506. The first-order valence-electron chi connectivity index (χ1n) is 8.89. The number of likely N-dealkylation sites (tertiary alicyclic amines) is 1. The fourth-order valence-corrected chi connectivity index (χ4v) is 3.65. The van der Waals surface area contributed by atoms with Gasteiger partial charge in [0.05, 0.1) is 17.5 Å². The number of rotatable bonds is 11. The quantitative estimate of drug-likeness (QED) is 0.270. The van der Waals surface area contributed by atoms with E-state index in [2.05, 4.69) is 41.8 Å². The van der Waals surface area contributed by atoms with Crippen LogP contribution in [0.15, 0.2) is 0 Å². The van der Waals surface area contributed by atoms with Gasteiger partial charge in [0.15, 0.2) is 0 Å². The van der Waals surface area contributed by atoms with Gasteiger partial charge in [0.25, 0.3) is 0 Å². The van der Waals surface area contributed by atoms with Crippen LogP contribution in [0.25, 0.3) is 0 Å². The molecule has 1 unspecified atom stereocenters. The summed E-state index contributed by atoms with van der Waals surface area (Å²) in [4.78, 5) is 37.5. The van der Waals surface area contributed by atoms with Crippen LogP contribution in [-0.4, -0.2) is 62.8 Å². The SMILES string of the molecule is CSC1CC(=O)N(CCC(=O)NC(C)(C)CCC(C)(C)OCCI)C1=O. The van der Waals surface area contributed by atoms with Gasteiger partial charge in [-0.15, -0.1) is 0 Å². The van der Waals surface area contributed by atoms with Gasteiger partial charge in [0.2, 0.25) is 17.7 Å². The minimum Gasteiger partial charge on any atom is -0.375 e. The van der Waals surface area contributed by atoms with E-state index in [1.165, 1.54) is 16.7 Å². The molecule has 150 valence electrons. The summed E-state index contributed by atoms with van der Waals surface area (Å²) in [6, 6.07) is 0. The van der Waals surface area contributed by atoms with Gasteiger partial charge in [-0.1, -0.05) is 22.6 Å². The summed E-state index contributed by atoms with van der Waals surface area (Å²) < 4.78 is 6.79. The maximum atomic E-state index is 12.3. The largest absolute Gasteiger partial charge is 0.375 e. The average molecular weight is 498 g/mol. The van der Waals surface area contributed by atoms with E-state index in [-0.39, 0.29) is 53.5 Å². The van der Waals surface area contributed by atoms with E-state index >= 15 is 0 Å². The standard InChI is InChI=1S/C18H31IN2O4S/c1-17(2,7-8-18(3,4)25-11-9-19)20-14(22)6-10-21-15(23)12-13(26-5)16(21)24/h13H,6-12H2,1-5H3,(H,20,22). The molecule has 1 aliphatic rings. The highest BCUT2D eigenvalue weighted by Crippen LogP contribution is 2.24. The van der Waals surface area contributed by atoms with Crippen LogP contribution in [0.4, 0.5) is 0 Å². The second-order valence-corrected chi connectivity index (χ2v) is 9.91. The monoisotopic (exact) mass is 498 g/mol. The molecule has 1 N–H and O–H groups in total. The molecule has 26 heavy (non-hydrogen) atoms. The highest BCUT2D eigenvalue weighted by Gasteiger charge is 2.38. The molecule has 1 aliphatic heterocycles. The normalized spacial score (nSPS) is 18.5. The Balaban J connectivity index is 2.43. The summed E-state index contributed by atoms with van der Waals surface area (Å²) >= 11 is 3.67. The van der Waals surface area contributed by atoms with E-state index in [9.17, 15) is 14.4 Å². The molecule has 3 amide bonds. The zero-order valence-corrected chi connectivity index (χ0v) is 19.4. The number of carbonyl (C=O) groups excluding carboxylic acids is 3. The molecule has 1 atom stereocenters. The molecule has 0 saturated carbocycles. The van der Waals surface area contributed by atoms with Crippen LogP contribution in [0.1, 0.15) is 53.4 Å². The summed E-state index contributed by atoms with van der Waals surface area (Å²) in [6.07, 6.45) is 3.80.